The van der Waals surface area contributed by atoms with Crippen LogP contribution in [0.25, 0.3) is 0 Å². The molecular weight excluding hydrogens is 158 g/mol. The van der Waals surface area contributed by atoms with Gasteiger partial charge in [-0.1, -0.05) is 42.0 Å². The van der Waals surface area contributed by atoms with Crippen LogP contribution in [0.15, 0.2) is 0 Å². The topological polar surface area (TPSA) is 12.0 Å². The summed E-state index contributed by atoms with van der Waals surface area (Å²) in [7, 11) is 0. The van der Waals surface area contributed by atoms with Crippen molar-refractivity contribution in [2.75, 3.05) is 13.1 Å². The van der Waals surface area contributed by atoms with Crippen molar-refractivity contribution in [1.29, 1.82) is 0 Å². The molecule has 1 heteroatoms. The van der Waals surface area contributed by atoms with Crippen molar-refractivity contribution < 1.29 is 0 Å². The van der Waals surface area contributed by atoms with Crippen LogP contribution in [-0.2, 0) is 0 Å². The van der Waals surface area contributed by atoms with Crippen molar-refractivity contribution in [2.24, 2.45) is 11.3 Å². The lowest BCUT2D eigenvalue weighted by atomic mass is 9.76. The molecule has 0 saturated carbocycles. The van der Waals surface area contributed by atoms with Gasteiger partial charge >= 0.3 is 0 Å². The second kappa shape index (κ2) is 7.37. The van der Waals surface area contributed by atoms with Gasteiger partial charge in [-0.05, 0) is 37.3 Å². The Bertz CT molecular complexity index is 96.2. The summed E-state index contributed by atoms with van der Waals surface area (Å²) >= 11 is 0. The minimum absolute atomic E-state index is 0. The molecule has 0 radical (unpaired) electrons. The van der Waals surface area contributed by atoms with Gasteiger partial charge in [-0.25, -0.2) is 0 Å². The first kappa shape index (κ1) is 15.4. The predicted molar refractivity (Wildman–Crippen MR) is 63.1 cm³/mol. The van der Waals surface area contributed by atoms with E-state index < -0.39 is 0 Å². The van der Waals surface area contributed by atoms with Crippen LogP contribution < -0.4 is 5.32 Å². The second-order valence-electron chi connectivity index (χ2n) is 4.39. The van der Waals surface area contributed by atoms with E-state index in [-0.39, 0.29) is 7.43 Å². The highest BCUT2D eigenvalue weighted by atomic mass is 14.9. The van der Waals surface area contributed by atoms with Gasteiger partial charge in [0.05, 0.1) is 0 Å². The Morgan fingerprint density at radius 2 is 1.38 bits per heavy atom. The van der Waals surface area contributed by atoms with E-state index >= 15 is 0 Å². The summed E-state index contributed by atoms with van der Waals surface area (Å²) < 4.78 is 0. The summed E-state index contributed by atoms with van der Waals surface area (Å²) in [4.78, 5) is 0. The van der Waals surface area contributed by atoms with Gasteiger partial charge in [0.15, 0.2) is 0 Å². The minimum atomic E-state index is 0. The van der Waals surface area contributed by atoms with Gasteiger partial charge in [-0.3, -0.25) is 0 Å². The van der Waals surface area contributed by atoms with Crippen molar-refractivity contribution >= 4 is 0 Å². The minimum Gasteiger partial charge on any atom is -0.317 e. The van der Waals surface area contributed by atoms with Crippen LogP contribution in [-0.4, -0.2) is 13.1 Å². The molecule has 0 aromatic heterocycles. The zero-order valence-electron chi connectivity index (χ0n) is 9.41. The molecule has 1 heterocycles. The molecule has 1 saturated heterocycles. The van der Waals surface area contributed by atoms with E-state index in [9.17, 15) is 0 Å². The van der Waals surface area contributed by atoms with Crippen molar-refractivity contribution in [3.63, 3.8) is 0 Å². The second-order valence-corrected chi connectivity index (χ2v) is 4.39. The lowest BCUT2D eigenvalue weighted by Crippen LogP contribution is -2.34. The maximum atomic E-state index is 3.39. The van der Waals surface area contributed by atoms with Gasteiger partial charge in [0, 0.05) is 0 Å². The summed E-state index contributed by atoms with van der Waals surface area (Å²) in [6.45, 7) is 13.5. The highest BCUT2D eigenvalue weighted by molar-refractivity contribution is 4.78. The average molecular weight is 187 g/mol. The van der Waals surface area contributed by atoms with Crippen LogP contribution in [0.1, 0.15) is 54.9 Å². The van der Waals surface area contributed by atoms with Crippen LogP contribution in [0.2, 0.25) is 0 Å². The van der Waals surface area contributed by atoms with Gasteiger partial charge < -0.3 is 5.32 Å². The fourth-order valence-electron chi connectivity index (χ4n) is 1.69. The zero-order valence-corrected chi connectivity index (χ0v) is 9.41. The molecule has 0 bridgehead atoms. The van der Waals surface area contributed by atoms with E-state index in [1.54, 1.807) is 0 Å². The number of nitrogens with one attached hydrogen (secondary N) is 1. The first-order valence-corrected chi connectivity index (χ1v) is 5.31. The van der Waals surface area contributed by atoms with Crippen molar-refractivity contribution in [2.45, 2.75) is 54.9 Å². The van der Waals surface area contributed by atoms with Gasteiger partial charge in [-0.2, -0.15) is 0 Å². The Labute approximate surface area is 85.3 Å². The summed E-state index contributed by atoms with van der Waals surface area (Å²) in [5.74, 6) is 0.939. The highest BCUT2D eigenvalue weighted by Gasteiger charge is 2.25. The summed E-state index contributed by atoms with van der Waals surface area (Å²) in [5.41, 5.74) is 0.530. The molecule has 1 nitrogen and oxygen atoms in total. The van der Waals surface area contributed by atoms with Crippen LogP contribution in [0.3, 0.4) is 0 Å². The molecule has 1 N–H and O–H groups in total. The molecule has 0 amide bonds. The first-order chi connectivity index (χ1) is 5.61. The average Bonchev–Trinajstić information content (AvgIpc) is 2.08. The van der Waals surface area contributed by atoms with E-state index in [1.807, 2.05) is 13.8 Å². The number of piperidine rings is 1. The number of rotatable bonds is 0. The molecule has 82 valence electrons. The van der Waals surface area contributed by atoms with Gasteiger partial charge in [0.2, 0.25) is 0 Å². The molecule has 1 aliphatic rings. The molecule has 13 heavy (non-hydrogen) atoms. The van der Waals surface area contributed by atoms with Gasteiger partial charge in [0.25, 0.3) is 0 Å². The van der Waals surface area contributed by atoms with Crippen LogP contribution in [0, 0.1) is 11.3 Å². The fourth-order valence-corrected chi connectivity index (χ4v) is 1.69. The van der Waals surface area contributed by atoms with E-state index in [0.717, 1.165) is 5.92 Å². The summed E-state index contributed by atoms with van der Waals surface area (Å²) in [6, 6.07) is 0. The Kier molecular flexibility index (Phi) is 8.75. The molecule has 1 aliphatic heterocycles. The van der Waals surface area contributed by atoms with E-state index in [1.165, 1.54) is 25.9 Å². The van der Waals surface area contributed by atoms with Gasteiger partial charge in [-0.15, -0.1) is 0 Å². The SMILES string of the molecule is C.CC.CC(C)(C)C1CCNCC1. The Hall–Kier alpha value is -0.0400. The largest absolute Gasteiger partial charge is 0.317 e. The maximum absolute atomic E-state index is 3.39. The standard InChI is InChI=1S/C9H19N.C2H6.CH4/c1-9(2,3)8-4-6-10-7-5-8;1-2;/h8,10H,4-7H2,1-3H3;1-2H3;1H4. The molecule has 0 unspecified atom stereocenters. The van der Waals surface area contributed by atoms with E-state index in [0.29, 0.717) is 5.41 Å². The fraction of sp³-hybridized carbons (Fsp3) is 1.00. The zero-order chi connectivity index (χ0) is 9.61. The monoisotopic (exact) mass is 187 g/mol. The normalized spacial score (nSPS) is 18.2. The molecule has 1 rings (SSSR count). The summed E-state index contributed by atoms with van der Waals surface area (Å²) in [5, 5.41) is 3.39. The predicted octanol–water partition coefficient (Wildman–Crippen LogP) is 3.69. The molecule has 1 fully saturated rings. The van der Waals surface area contributed by atoms with Crippen molar-refractivity contribution in [1.82, 2.24) is 5.32 Å². The third-order valence-corrected chi connectivity index (χ3v) is 2.56. The lowest BCUT2D eigenvalue weighted by molar-refractivity contribution is 0.188. The Morgan fingerprint density at radius 3 is 1.62 bits per heavy atom. The van der Waals surface area contributed by atoms with Crippen molar-refractivity contribution in [3.05, 3.63) is 0 Å². The lowest BCUT2D eigenvalue weighted by Gasteiger charge is -2.34. The molecule has 0 aliphatic carbocycles. The van der Waals surface area contributed by atoms with Crippen LogP contribution in [0.5, 0.6) is 0 Å². The highest BCUT2D eigenvalue weighted by Crippen LogP contribution is 2.32. The van der Waals surface area contributed by atoms with E-state index in [2.05, 4.69) is 26.1 Å². The molecule has 0 aromatic rings. The third kappa shape index (κ3) is 6.09. The van der Waals surface area contributed by atoms with Gasteiger partial charge in [0.1, 0.15) is 0 Å². The number of hydrogen-bond acceptors (Lipinski definition) is 1. The summed E-state index contributed by atoms with van der Waals surface area (Å²) in [6.07, 6.45) is 2.73. The van der Waals surface area contributed by atoms with Crippen LogP contribution >= 0.6 is 0 Å². The molecule has 0 spiro atoms. The van der Waals surface area contributed by atoms with E-state index in [4.69, 9.17) is 0 Å². The maximum Gasteiger partial charge on any atom is -0.00461 e. The Balaban J connectivity index is 0. The molecule has 0 aromatic carbocycles. The van der Waals surface area contributed by atoms with Crippen molar-refractivity contribution in [3.8, 4) is 0 Å². The van der Waals surface area contributed by atoms with Crippen LogP contribution in [0.4, 0.5) is 0 Å². The third-order valence-electron chi connectivity index (χ3n) is 2.56. The molecular formula is C12H29N. The Morgan fingerprint density at radius 1 is 1.00 bits per heavy atom. The molecule has 0 atom stereocenters. The smallest absolute Gasteiger partial charge is 0.00461 e. The first-order valence-electron chi connectivity index (χ1n) is 5.31. The quantitative estimate of drug-likeness (QED) is 0.610. The number of hydrogen-bond donors (Lipinski definition) is 1.